The van der Waals surface area contributed by atoms with E-state index in [9.17, 15) is 23.7 Å². The predicted molar refractivity (Wildman–Crippen MR) is 141 cm³/mol. The Labute approximate surface area is 228 Å². The van der Waals surface area contributed by atoms with Gasteiger partial charge in [-0.1, -0.05) is 25.1 Å². The van der Waals surface area contributed by atoms with Gasteiger partial charge in [0.25, 0.3) is 5.56 Å². The number of carbonyl (C=O) groups excluding carboxylic acids is 1. The van der Waals surface area contributed by atoms with Gasteiger partial charge in [-0.2, -0.15) is 4.98 Å². The van der Waals surface area contributed by atoms with Gasteiger partial charge in [-0.3, -0.25) is 23.7 Å². The first-order valence-corrected chi connectivity index (χ1v) is 14.2. The number of nitrogen functional groups attached to an aromatic ring is 1. The molecular formula is C24H32FN6O8P. The summed E-state index contributed by atoms with van der Waals surface area (Å²) >= 11 is 0. The standard InChI is InChI=1S/C24H32FN6O8P/c1-13(2)37-21(34)14(3)10-40(35,39-15-7-5-4-6-8-15)36-9-16-18(32)24(27,11-25)22(38-16)31-12-28-17-19(31)29-23(26)30-20(17)33/h4-8,12-14,16,18,22,32H,9-11,27H2,1-3H3,(H3,26,29,30,33)/t14-,16-,18+,22-,24?,40+/m1/s1. The number of ether oxygens (including phenoxy) is 2. The number of esters is 1. The lowest BCUT2D eigenvalue weighted by molar-refractivity contribution is -0.151. The maximum atomic E-state index is 14.4. The van der Waals surface area contributed by atoms with Gasteiger partial charge in [0.15, 0.2) is 17.4 Å². The number of aromatic nitrogens is 4. The number of aromatic amines is 1. The third-order valence-corrected chi connectivity index (χ3v) is 8.30. The average molecular weight is 583 g/mol. The molecule has 1 fully saturated rings. The number of anilines is 1. The number of nitrogens with one attached hydrogen (secondary N) is 1. The molecule has 0 bridgehead atoms. The van der Waals surface area contributed by atoms with Crippen LogP contribution < -0.4 is 21.6 Å². The lowest BCUT2D eigenvalue weighted by Crippen LogP contribution is -2.56. The normalized spacial score (nSPS) is 25.1. The van der Waals surface area contributed by atoms with Crippen molar-refractivity contribution in [3.63, 3.8) is 0 Å². The van der Waals surface area contributed by atoms with Crippen LogP contribution in [0.3, 0.4) is 0 Å². The van der Waals surface area contributed by atoms with Crippen molar-refractivity contribution in [2.75, 3.05) is 25.2 Å². The van der Waals surface area contributed by atoms with Gasteiger partial charge in [0, 0.05) is 0 Å². The quantitative estimate of drug-likeness (QED) is 0.187. The van der Waals surface area contributed by atoms with Crippen LogP contribution in [0.1, 0.15) is 27.0 Å². The summed E-state index contributed by atoms with van der Waals surface area (Å²) in [6.07, 6.45) is -3.93. The number of carbonyl (C=O) groups is 1. The van der Waals surface area contributed by atoms with Crippen LogP contribution in [0.15, 0.2) is 41.5 Å². The topological polar surface area (TPSA) is 207 Å². The Morgan fingerprint density at radius 3 is 2.67 bits per heavy atom. The lowest BCUT2D eigenvalue weighted by Gasteiger charge is -2.30. The second-order valence-corrected chi connectivity index (χ2v) is 11.9. The van der Waals surface area contributed by atoms with Crippen LogP contribution in [0.4, 0.5) is 10.3 Å². The van der Waals surface area contributed by atoms with Gasteiger partial charge >= 0.3 is 13.6 Å². The van der Waals surface area contributed by atoms with E-state index in [-0.39, 0.29) is 35.1 Å². The van der Waals surface area contributed by atoms with Crippen molar-refractivity contribution >= 4 is 30.7 Å². The fourth-order valence-electron chi connectivity index (χ4n) is 4.28. The molecule has 3 heterocycles. The molecule has 0 spiro atoms. The number of benzene rings is 1. The number of imidazole rings is 1. The molecule has 14 nitrogen and oxygen atoms in total. The van der Waals surface area contributed by atoms with E-state index in [4.69, 9.17) is 30.0 Å². The summed E-state index contributed by atoms with van der Waals surface area (Å²) in [5.74, 6) is -1.47. The maximum Gasteiger partial charge on any atom is 0.380 e. The zero-order valence-corrected chi connectivity index (χ0v) is 23.0. The number of para-hydroxylation sites is 1. The van der Waals surface area contributed by atoms with Gasteiger partial charge in [0.2, 0.25) is 5.95 Å². The molecule has 218 valence electrons. The third kappa shape index (κ3) is 6.03. The monoisotopic (exact) mass is 582 g/mol. The highest BCUT2D eigenvalue weighted by Crippen LogP contribution is 2.51. The summed E-state index contributed by atoms with van der Waals surface area (Å²) in [6, 6.07) is 8.18. The fourth-order valence-corrected chi connectivity index (χ4v) is 6.15. The molecule has 16 heteroatoms. The Morgan fingerprint density at radius 1 is 1.32 bits per heavy atom. The Balaban J connectivity index is 1.58. The SMILES string of the molecule is CC(C)OC(=O)[C@H](C)C[P@](=O)(OC[C@H]1O[C@@H](n2cnc3c(=O)[nH]c(N)nc32)C(N)(CF)[C@H]1O)Oc1ccccc1. The Hall–Kier alpha value is -3.36. The van der Waals surface area contributed by atoms with E-state index in [2.05, 4.69) is 15.0 Å². The predicted octanol–water partition coefficient (Wildman–Crippen LogP) is 1.50. The van der Waals surface area contributed by atoms with Gasteiger partial charge in [-0.05, 0) is 26.0 Å². The van der Waals surface area contributed by atoms with Crippen LogP contribution in [0.2, 0.25) is 0 Å². The molecular weight excluding hydrogens is 550 g/mol. The van der Waals surface area contributed by atoms with Crippen molar-refractivity contribution in [1.29, 1.82) is 0 Å². The summed E-state index contributed by atoms with van der Waals surface area (Å²) in [5.41, 5.74) is 9.11. The van der Waals surface area contributed by atoms with Gasteiger partial charge in [0.05, 0.1) is 31.1 Å². The second-order valence-electron chi connectivity index (χ2n) is 9.87. The van der Waals surface area contributed by atoms with Gasteiger partial charge < -0.3 is 30.6 Å². The molecule has 1 saturated heterocycles. The van der Waals surface area contributed by atoms with Crippen LogP contribution in [0, 0.1) is 5.92 Å². The van der Waals surface area contributed by atoms with E-state index < -0.39 is 62.3 Å². The molecule has 4 rings (SSSR count). The number of hydrogen-bond acceptors (Lipinski definition) is 12. The molecule has 0 aliphatic carbocycles. The first-order valence-electron chi connectivity index (χ1n) is 12.5. The summed E-state index contributed by atoms with van der Waals surface area (Å²) in [7, 11) is -4.08. The largest absolute Gasteiger partial charge is 0.463 e. The van der Waals surface area contributed by atoms with Gasteiger partial charge in [-0.25, -0.2) is 13.9 Å². The number of hydrogen-bond donors (Lipinski definition) is 4. The van der Waals surface area contributed by atoms with Crippen LogP contribution in [0.5, 0.6) is 5.75 Å². The molecule has 40 heavy (non-hydrogen) atoms. The van der Waals surface area contributed by atoms with Gasteiger partial charge in [0.1, 0.15) is 30.2 Å². The molecule has 3 aromatic rings. The summed E-state index contributed by atoms with van der Waals surface area (Å²) in [5, 5.41) is 11.0. The van der Waals surface area contributed by atoms with E-state index in [1.165, 1.54) is 11.5 Å². The zero-order valence-electron chi connectivity index (χ0n) is 22.1. The number of fused-ring (bicyclic) bond motifs is 1. The van der Waals surface area contributed by atoms with Crippen LogP contribution in [-0.2, 0) is 23.4 Å². The molecule has 6 N–H and O–H groups in total. The van der Waals surface area contributed by atoms with E-state index in [0.717, 1.165) is 6.33 Å². The van der Waals surface area contributed by atoms with Crippen molar-refractivity contribution in [2.45, 2.75) is 50.8 Å². The minimum atomic E-state index is -4.08. The average Bonchev–Trinajstić information content (AvgIpc) is 3.42. The first kappa shape index (κ1) is 29.6. The second kappa shape index (κ2) is 11.6. The molecule has 0 amide bonds. The van der Waals surface area contributed by atoms with E-state index >= 15 is 0 Å². The van der Waals surface area contributed by atoms with Crippen molar-refractivity contribution in [1.82, 2.24) is 19.5 Å². The minimum absolute atomic E-state index is 0.0427. The smallest absolute Gasteiger partial charge is 0.380 e. The number of H-pyrrole nitrogens is 1. The number of aliphatic hydroxyl groups is 1. The van der Waals surface area contributed by atoms with Crippen LogP contribution in [0.25, 0.3) is 11.2 Å². The van der Waals surface area contributed by atoms with E-state index in [1.807, 2.05) is 0 Å². The lowest BCUT2D eigenvalue weighted by atomic mass is 9.92. The van der Waals surface area contributed by atoms with E-state index in [0.29, 0.717) is 0 Å². The molecule has 0 radical (unpaired) electrons. The molecule has 1 unspecified atom stereocenters. The Morgan fingerprint density at radius 2 is 2.02 bits per heavy atom. The molecule has 1 aromatic carbocycles. The van der Waals surface area contributed by atoms with Crippen LogP contribution >= 0.6 is 7.60 Å². The maximum absolute atomic E-state index is 14.4. The molecule has 1 aliphatic rings. The number of nitrogens with zero attached hydrogens (tertiary/aromatic N) is 3. The molecule has 0 saturated carbocycles. The van der Waals surface area contributed by atoms with Crippen molar-refractivity contribution in [2.24, 2.45) is 11.7 Å². The molecule has 2 aromatic heterocycles. The van der Waals surface area contributed by atoms with Gasteiger partial charge in [-0.15, -0.1) is 0 Å². The zero-order chi connectivity index (χ0) is 29.2. The minimum Gasteiger partial charge on any atom is -0.463 e. The number of alkyl halides is 1. The Kier molecular flexibility index (Phi) is 8.61. The van der Waals surface area contributed by atoms with E-state index in [1.54, 1.807) is 44.2 Å². The fraction of sp³-hybridized carbons (Fsp3) is 0.500. The highest BCUT2D eigenvalue weighted by molar-refractivity contribution is 7.54. The Bertz CT molecular complexity index is 1450. The highest BCUT2D eigenvalue weighted by Gasteiger charge is 2.56. The van der Waals surface area contributed by atoms with Crippen molar-refractivity contribution in [3.05, 3.63) is 47.0 Å². The summed E-state index contributed by atoms with van der Waals surface area (Å²) < 4.78 is 51.9. The van der Waals surface area contributed by atoms with Crippen molar-refractivity contribution in [3.8, 4) is 5.75 Å². The highest BCUT2D eigenvalue weighted by atomic mass is 31.2. The molecule has 1 aliphatic heterocycles. The number of nitrogens with two attached hydrogens (primary N) is 2. The number of aliphatic hydroxyl groups excluding tert-OH is 1. The van der Waals surface area contributed by atoms with Crippen molar-refractivity contribution < 1.29 is 37.4 Å². The summed E-state index contributed by atoms with van der Waals surface area (Å²) in [4.78, 5) is 34.9. The summed E-state index contributed by atoms with van der Waals surface area (Å²) in [6.45, 7) is 3.09. The third-order valence-electron chi connectivity index (χ3n) is 6.28. The molecule has 6 atom stereocenters. The van der Waals surface area contributed by atoms with Crippen LogP contribution in [-0.4, -0.2) is 73.9 Å². The first-order chi connectivity index (χ1) is 18.9. The number of rotatable bonds is 11. The number of halogens is 1.